The zero-order valence-corrected chi connectivity index (χ0v) is 13.1. The predicted molar refractivity (Wildman–Crippen MR) is 88.2 cm³/mol. The summed E-state index contributed by atoms with van der Waals surface area (Å²) in [5, 5.41) is 0. The number of rotatable bonds is 5. The maximum absolute atomic E-state index is 12.4. The van der Waals surface area contributed by atoms with Crippen LogP contribution in [0.4, 0.5) is 0 Å². The number of benzene rings is 1. The summed E-state index contributed by atoms with van der Waals surface area (Å²) in [5.74, 6) is -1.53. The highest BCUT2D eigenvalue weighted by Crippen LogP contribution is 2.26. The molecule has 0 saturated carbocycles. The Bertz CT molecular complexity index is 925. The van der Waals surface area contributed by atoms with Crippen molar-refractivity contribution in [3.8, 4) is 5.88 Å². The molecule has 0 N–H and O–H groups in total. The standard InChI is InChI=1S/C19H15NO4/c1-13(21)19(23)24-18-15(11-16-9-5-6-10-20(16)18)12-17(22)14-7-3-2-4-8-14/h2-11H,12H2,1H3. The van der Waals surface area contributed by atoms with Gasteiger partial charge in [0.25, 0.3) is 0 Å². The molecule has 1 aromatic carbocycles. The maximum atomic E-state index is 12.4. The number of ketones is 2. The molecule has 5 nitrogen and oxygen atoms in total. The van der Waals surface area contributed by atoms with Gasteiger partial charge in [-0.25, -0.2) is 4.79 Å². The molecule has 0 bridgehead atoms. The van der Waals surface area contributed by atoms with Crippen molar-refractivity contribution in [2.24, 2.45) is 0 Å². The molecule has 0 spiro atoms. The van der Waals surface area contributed by atoms with Crippen molar-refractivity contribution in [2.75, 3.05) is 0 Å². The summed E-state index contributed by atoms with van der Waals surface area (Å²) in [4.78, 5) is 35.3. The molecule has 0 amide bonds. The summed E-state index contributed by atoms with van der Waals surface area (Å²) >= 11 is 0. The summed E-state index contributed by atoms with van der Waals surface area (Å²) in [6.07, 6.45) is 1.79. The smallest absolute Gasteiger partial charge is 0.380 e. The molecule has 24 heavy (non-hydrogen) atoms. The van der Waals surface area contributed by atoms with Gasteiger partial charge >= 0.3 is 5.97 Å². The Kier molecular flexibility index (Phi) is 4.24. The second-order valence-electron chi connectivity index (χ2n) is 5.38. The fourth-order valence-electron chi connectivity index (χ4n) is 2.45. The Morgan fingerprint density at radius 1 is 1.00 bits per heavy atom. The third-order valence-electron chi connectivity index (χ3n) is 3.63. The van der Waals surface area contributed by atoms with E-state index in [-0.39, 0.29) is 18.1 Å². The van der Waals surface area contributed by atoms with Crippen molar-refractivity contribution in [1.82, 2.24) is 4.40 Å². The lowest BCUT2D eigenvalue weighted by atomic mass is 10.0. The minimum atomic E-state index is -0.952. The third-order valence-corrected chi connectivity index (χ3v) is 3.63. The first kappa shape index (κ1) is 15.7. The molecule has 3 aromatic rings. The van der Waals surface area contributed by atoms with E-state index in [1.807, 2.05) is 18.2 Å². The van der Waals surface area contributed by atoms with Gasteiger partial charge in [-0.1, -0.05) is 36.4 Å². The highest BCUT2D eigenvalue weighted by Gasteiger charge is 2.20. The van der Waals surface area contributed by atoms with Crippen molar-refractivity contribution < 1.29 is 19.1 Å². The first-order chi connectivity index (χ1) is 11.6. The second kappa shape index (κ2) is 6.50. The van der Waals surface area contributed by atoms with Crippen molar-refractivity contribution in [3.63, 3.8) is 0 Å². The summed E-state index contributed by atoms with van der Waals surface area (Å²) < 4.78 is 6.87. The zero-order chi connectivity index (χ0) is 17.1. The van der Waals surface area contributed by atoms with Crippen LogP contribution in [0.5, 0.6) is 5.88 Å². The number of nitrogens with zero attached hydrogens (tertiary/aromatic N) is 1. The fourth-order valence-corrected chi connectivity index (χ4v) is 2.45. The number of carbonyl (C=O) groups excluding carboxylic acids is 3. The van der Waals surface area contributed by atoms with Crippen LogP contribution in [0.25, 0.3) is 5.52 Å². The summed E-state index contributed by atoms with van der Waals surface area (Å²) in [7, 11) is 0. The summed E-state index contributed by atoms with van der Waals surface area (Å²) in [6.45, 7) is 1.15. The lowest BCUT2D eigenvalue weighted by molar-refractivity contribution is -0.146. The van der Waals surface area contributed by atoms with Crippen LogP contribution in [0.2, 0.25) is 0 Å². The van der Waals surface area contributed by atoms with Crippen LogP contribution in [0.3, 0.4) is 0 Å². The SMILES string of the molecule is CC(=O)C(=O)Oc1c(CC(=O)c2ccccc2)cc2ccccn12. The number of pyridine rings is 1. The van der Waals surface area contributed by atoms with E-state index in [0.717, 1.165) is 12.4 Å². The van der Waals surface area contributed by atoms with Gasteiger partial charge in [-0.3, -0.25) is 14.0 Å². The van der Waals surface area contributed by atoms with E-state index in [0.29, 0.717) is 11.1 Å². The predicted octanol–water partition coefficient (Wildman–Crippen LogP) is 2.86. The van der Waals surface area contributed by atoms with E-state index in [4.69, 9.17) is 4.74 Å². The molecule has 0 radical (unpaired) electrons. The van der Waals surface area contributed by atoms with E-state index in [1.165, 1.54) is 0 Å². The second-order valence-corrected chi connectivity index (χ2v) is 5.38. The molecule has 0 atom stereocenters. The topological polar surface area (TPSA) is 64.9 Å². The number of hydrogen-bond donors (Lipinski definition) is 0. The zero-order valence-electron chi connectivity index (χ0n) is 13.1. The molecule has 0 aliphatic rings. The number of ether oxygens (including phenoxy) is 1. The lowest BCUT2D eigenvalue weighted by Crippen LogP contribution is -2.18. The van der Waals surface area contributed by atoms with Crippen LogP contribution >= 0.6 is 0 Å². The molecule has 0 saturated heterocycles. The average Bonchev–Trinajstić information content (AvgIpc) is 2.93. The highest BCUT2D eigenvalue weighted by atomic mass is 16.5. The van der Waals surface area contributed by atoms with E-state index >= 15 is 0 Å². The van der Waals surface area contributed by atoms with Gasteiger partial charge in [0.2, 0.25) is 11.7 Å². The van der Waals surface area contributed by atoms with Crippen LogP contribution in [-0.2, 0) is 16.0 Å². The molecule has 5 heteroatoms. The number of fused-ring (bicyclic) bond motifs is 1. The van der Waals surface area contributed by atoms with Gasteiger partial charge in [0.1, 0.15) is 0 Å². The Morgan fingerprint density at radius 2 is 1.71 bits per heavy atom. The van der Waals surface area contributed by atoms with Crippen molar-refractivity contribution in [2.45, 2.75) is 13.3 Å². The van der Waals surface area contributed by atoms with Gasteiger partial charge in [0.05, 0.1) is 0 Å². The lowest BCUT2D eigenvalue weighted by Gasteiger charge is -2.06. The number of carbonyl (C=O) groups is 3. The van der Waals surface area contributed by atoms with Gasteiger partial charge in [-0.15, -0.1) is 0 Å². The molecule has 0 fully saturated rings. The first-order valence-electron chi connectivity index (χ1n) is 7.46. The largest absolute Gasteiger partial charge is 0.403 e. The van der Waals surface area contributed by atoms with E-state index in [9.17, 15) is 14.4 Å². The van der Waals surface area contributed by atoms with Gasteiger partial charge in [-0.2, -0.15) is 0 Å². The number of Topliss-reactive ketones (excluding diaryl/α,β-unsaturated/α-hetero) is 2. The van der Waals surface area contributed by atoms with Gasteiger partial charge in [-0.05, 0) is 18.2 Å². The highest BCUT2D eigenvalue weighted by molar-refractivity contribution is 6.33. The van der Waals surface area contributed by atoms with E-state index in [2.05, 4.69) is 0 Å². The van der Waals surface area contributed by atoms with Crippen LogP contribution in [0.1, 0.15) is 22.8 Å². The molecule has 2 heterocycles. The monoisotopic (exact) mass is 321 g/mol. The van der Waals surface area contributed by atoms with Gasteiger partial charge in [0, 0.05) is 36.2 Å². The van der Waals surface area contributed by atoms with Crippen molar-refractivity contribution in [1.29, 1.82) is 0 Å². The van der Waals surface area contributed by atoms with Crippen LogP contribution < -0.4 is 4.74 Å². The molecule has 0 unspecified atom stereocenters. The van der Waals surface area contributed by atoms with E-state index < -0.39 is 11.8 Å². The Labute approximate surface area is 138 Å². The fraction of sp³-hybridized carbons (Fsp3) is 0.105. The van der Waals surface area contributed by atoms with Crippen molar-refractivity contribution in [3.05, 3.63) is 71.9 Å². The minimum Gasteiger partial charge on any atom is -0.403 e. The number of esters is 1. The molecule has 0 aliphatic carbocycles. The Hall–Kier alpha value is -3.21. The molecule has 120 valence electrons. The molecular formula is C19H15NO4. The Morgan fingerprint density at radius 3 is 2.42 bits per heavy atom. The average molecular weight is 321 g/mol. The minimum absolute atomic E-state index is 0.0756. The van der Waals surface area contributed by atoms with Gasteiger partial charge in [0.15, 0.2) is 5.78 Å². The Balaban J connectivity index is 1.99. The molecule has 2 aromatic heterocycles. The molecule has 3 rings (SSSR count). The maximum Gasteiger partial charge on any atom is 0.380 e. The van der Waals surface area contributed by atoms with Crippen molar-refractivity contribution >= 4 is 23.1 Å². The van der Waals surface area contributed by atoms with Crippen LogP contribution in [-0.4, -0.2) is 21.9 Å². The first-order valence-corrected chi connectivity index (χ1v) is 7.46. The molecular weight excluding hydrogens is 306 g/mol. The summed E-state index contributed by atoms with van der Waals surface area (Å²) in [6, 6.07) is 16.1. The van der Waals surface area contributed by atoms with E-state index in [1.54, 1.807) is 47.0 Å². The molecule has 0 aliphatic heterocycles. The quantitative estimate of drug-likeness (QED) is 0.412. The van der Waals surface area contributed by atoms with Crippen LogP contribution in [0.15, 0.2) is 60.8 Å². The summed E-state index contributed by atoms with van der Waals surface area (Å²) in [5.41, 5.74) is 1.92. The number of aromatic nitrogens is 1. The van der Waals surface area contributed by atoms with Gasteiger partial charge < -0.3 is 4.74 Å². The normalized spacial score (nSPS) is 10.5. The van der Waals surface area contributed by atoms with Crippen LogP contribution in [0, 0.1) is 0 Å². The number of hydrogen-bond acceptors (Lipinski definition) is 4. The third kappa shape index (κ3) is 3.10.